The number of benzene rings is 1. The van der Waals surface area contributed by atoms with Gasteiger partial charge in [0, 0.05) is 38.8 Å². The molecule has 1 saturated heterocycles. The summed E-state index contributed by atoms with van der Waals surface area (Å²) in [5.41, 5.74) is 1.37. The van der Waals surface area contributed by atoms with Crippen LogP contribution in [0.4, 0.5) is 0 Å². The van der Waals surface area contributed by atoms with Crippen molar-refractivity contribution in [1.29, 1.82) is 0 Å². The minimum absolute atomic E-state index is 0. The predicted octanol–water partition coefficient (Wildman–Crippen LogP) is 2.82. The SMILES string of the molecule is CCCN1CCC(NC(=NC)NCC(Cc2ccccc2)N(C)C)CC1.I. The van der Waals surface area contributed by atoms with Gasteiger partial charge in [0.15, 0.2) is 5.96 Å². The highest BCUT2D eigenvalue weighted by Crippen LogP contribution is 2.10. The van der Waals surface area contributed by atoms with Gasteiger partial charge in [-0.05, 0) is 51.9 Å². The molecule has 1 aliphatic rings. The maximum Gasteiger partial charge on any atom is 0.191 e. The first-order chi connectivity index (χ1) is 12.6. The number of hydrogen-bond donors (Lipinski definition) is 2. The lowest BCUT2D eigenvalue weighted by Gasteiger charge is -2.33. The van der Waals surface area contributed by atoms with Crippen LogP contribution in [0, 0.1) is 0 Å². The summed E-state index contributed by atoms with van der Waals surface area (Å²) in [6.07, 6.45) is 4.67. The van der Waals surface area contributed by atoms with Gasteiger partial charge in [0.25, 0.3) is 0 Å². The van der Waals surface area contributed by atoms with E-state index in [9.17, 15) is 0 Å². The van der Waals surface area contributed by atoms with Gasteiger partial charge >= 0.3 is 0 Å². The van der Waals surface area contributed by atoms with Crippen molar-refractivity contribution in [2.75, 3.05) is 47.3 Å². The van der Waals surface area contributed by atoms with Crippen LogP contribution < -0.4 is 10.6 Å². The number of halogens is 1. The lowest BCUT2D eigenvalue weighted by molar-refractivity contribution is 0.206. The summed E-state index contributed by atoms with van der Waals surface area (Å²) in [6.45, 7) is 6.75. The first-order valence-electron chi connectivity index (χ1n) is 10.0. The fraction of sp³-hybridized carbons (Fsp3) is 0.667. The molecule has 1 atom stereocenters. The Bertz CT molecular complexity index is 527. The number of rotatable bonds is 8. The molecule has 0 spiro atoms. The van der Waals surface area contributed by atoms with E-state index in [-0.39, 0.29) is 24.0 Å². The van der Waals surface area contributed by atoms with Gasteiger partial charge in [-0.1, -0.05) is 37.3 Å². The van der Waals surface area contributed by atoms with Crippen molar-refractivity contribution in [1.82, 2.24) is 20.4 Å². The number of likely N-dealkylation sites (N-methyl/N-ethyl adjacent to an activating group) is 1. The summed E-state index contributed by atoms with van der Waals surface area (Å²) >= 11 is 0. The van der Waals surface area contributed by atoms with Gasteiger partial charge < -0.3 is 20.4 Å². The third-order valence-electron chi connectivity index (χ3n) is 5.24. The second-order valence-corrected chi connectivity index (χ2v) is 7.52. The van der Waals surface area contributed by atoms with Crippen molar-refractivity contribution in [3.05, 3.63) is 35.9 Å². The van der Waals surface area contributed by atoms with Gasteiger partial charge in [0.2, 0.25) is 0 Å². The molecule has 0 amide bonds. The summed E-state index contributed by atoms with van der Waals surface area (Å²) in [6, 6.07) is 11.7. The summed E-state index contributed by atoms with van der Waals surface area (Å²) < 4.78 is 0. The van der Waals surface area contributed by atoms with Crippen LogP contribution in [-0.4, -0.2) is 75.2 Å². The van der Waals surface area contributed by atoms with Gasteiger partial charge in [0.05, 0.1) is 0 Å². The van der Waals surface area contributed by atoms with Crippen LogP contribution in [0.2, 0.25) is 0 Å². The molecule has 0 radical (unpaired) electrons. The van der Waals surface area contributed by atoms with E-state index in [1.54, 1.807) is 0 Å². The Morgan fingerprint density at radius 3 is 2.44 bits per heavy atom. The van der Waals surface area contributed by atoms with Gasteiger partial charge in [0.1, 0.15) is 0 Å². The number of nitrogens with zero attached hydrogens (tertiary/aromatic N) is 3. The monoisotopic (exact) mass is 487 g/mol. The highest BCUT2D eigenvalue weighted by atomic mass is 127. The number of guanidine groups is 1. The zero-order valence-electron chi connectivity index (χ0n) is 17.4. The molecule has 0 bridgehead atoms. The summed E-state index contributed by atoms with van der Waals surface area (Å²) in [4.78, 5) is 9.29. The van der Waals surface area contributed by atoms with Crippen molar-refractivity contribution >= 4 is 29.9 Å². The van der Waals surface area contributed by atoms with E-state index in [4.69, 9.17) is 0 Å². The average molecular weight is 487 g/mol. The quantitative estimate of drug-likeness (QED) is 0.336. The molecule has 1 aromatic carbocycles. The molecule has 2 rings (SSSR count). The molecule has 1 aliphatic heterocycles. The van der Waals surface area contributed by atoms with Gasteiger partial charge in [-0.3, -0.25) is 4.99 Å². The van der Waals surface area contributed by atoms with Crippen LogP contribution in [0.1, 0.15) is 31.7 Å². The Morgan fingerprint density at radius 1 is 1.22 bits per heavy atom. The van der Waals surface area contributed by atoms with Gasteiger partial charge in [-0.25, -0.2) is 0 Å². The number of hydrogen-bond acceptors (Lipinski definition) is 3. The van der Waals surface area contributed by atoms with E-state index in [1.165, 1.54) is 44.5 Å². The van der Waals surface area contributed by atoms with Crippen molar-refractivity contribution in [2.24, 2.45) is 4.99 Å². The number of piperidine rings is 1. The molecule has 6 heteroatoms. The van der Waals surface area contributed by atoms with E-state index in [0.29, 0.717) is 12.1 Å². The second kappa shape index (κ2) is 13.3. The predicted molar refractivity (Wildman–Crippen MR) is 127 cm³/mol. The summed E-state index contributed by atoms with van der Waals surface area (Å²) in [7, 11) is 6.16. The molecule has 1 unspecified atom stereocenters. The normalized spacial score (nSPS) is 17.4. The molecule has 0 aliphatic carbocycles. The van der Waals surface area contributed by atoms with Crippen LogP contribution in [0.15, 0.2) is 35.3 Å². The van der Waals surface area contributed by atoms with Crippen LogP contribution in [-0.2, 0) is 6.42 Å². The van der Waals surface area contributed by atoms with Crippen molar-refractivity contribution < 1.29 is 0 Å². The number of nitrogens with one attached hydrogen (secondary N) is 2. The maximum atomic E-state index is 4.44. The van der Waals surface area contributed by atoms with E-state index >= 15 is 0 Å². The second-order valence-electron chi connectivity index (χ2n) is 7.52. The molecule has 1 fully saturated rings. The average Bonchev–Trinajstić information content (AvgIpc) is 2.66. The Labute approximate surface area is 183 Å². The minimum atomic E-state index is 0. The molecule has 1 aromatic rings. The van der Waals surface area contributed by atoms with Gasteiger partial charge in [-0.15, -0.1) is 24.0 Å². The molecule has 154 valence electrons. The Balaban J connectivity index is 0.00000364. The molecule has 0 aromatic heterocycles. The third kappa shape index (κ3) is 8.79. The zero-order chi connectivity index (χ0) is 18.8. The molecule has 1 heterocycles. The van der Waals surface area contributed by atoms with Crippen molar-refractivity contribution in [3.63, 3.8) is 0 Å². The molecule has 5 nitrogen and oxygen atoms in total. The molecular formula is C21H38IN5. The summed E-state index contributed by atoms with van der Waals surface area (Å²) in [5.74, 6) is 0.929. The lowest BCUT2D eigenvalue weighted by atomic mass is 10.0. The zero-order valence-corrected chi connectivity index (χ0v) is 19.8. The largest absolute Gasteiger partial charge is 0.355 e. The first kappa shape index (κ1) is 24.2. The minimum Gasteiger partial charge on any atom is -0.355 e. The Hall–Kier alpha value is -0.860. The first-order valence-corrected chi connectivity index (χ1v) is 10.0. The fourth-order valence-electron chi connectivity index (χ4n) is 3.54. The summed E-state index contributed by atoms with van der Waals surface area (Å²) in [5, 5.41) is 7.16. The molecule has 27 heavy (non-hydrogen) atoms. The third-order valence-corrected chi connectivity index (χ3v) is 5.24. The fourth-order valence-corrected chi connectivity index (χ4v) is 3.54. The van der Waals surface area contributed by atoms with Crippen molar-refractivity contribution in [2.45, 2.75) is 44.7 Å². The number of aliphatic imine (C=N–C) groups is 1. The Kier molecular flexibility index (Phi) is 11.9. The van der Waals surface area contributed by atoms with E-state index in [2.05, 4.69) is 76.8 Å². The van der Waals surface area contributed by atoms with E-state index < -0.39 is 0 Å². The van der Waals surface area contributed by atoms with Crippen LogP contribution in [0.5, 0.6) is 0 Å². The highest BCUT2D eigenvalue weighted by Gasteiger charge is 2.20. The van der Waals surface area contributed by atoms with Crippen molar-refractivity contribution in [3.8, 4) is 0 Å². The van der Waals surface area contributed by atoms with Crippen LogP contribution >= 0.6 is 24.0 Å². The standard InChI is InChI=1S/C21H37N5.HI/c1-5-13-26-14-11-19(12-15-26)24-21(22-2)23-17-20(25(3)4)16-18-9-7-6-8-10-18;/h6-10,19-20H,5,11-17H2,1-4H3,(H2,22,23,24);1H. The van der Waals surface area contributed by atoms with E-state index in [0.717, 1.165) is 18.9 Å². The van der Waals surface area contributed by atoms with E-state index in [1.807, 2.05) is 7.05 Å². The molecular weight excluding hydrogens is 449 g/mol. The Morgan fingerprint density at radius 2 is 1.89 bits per heavy atom. The smallest absolute Gasteiger partial charge is 0.191 e. The molecule has 0 saturated carbocycles. The maximum absolute atomic E-state index is 4.44. The van der Waals surface area contributed by atoms with Crippen LogP contribution in [0.3, 0.4) is 0 Å². The molecule has 2 N–H and O–H groups in total. The van der Waals surface area contributed by atoms with Gasteiger partial charge in [-0.2, -0.15) is 0 Å². The number of likely N-dealkylation sites (tertiary alicyclic amines) is 1. The highest BCUT2D eigenvalue weighted by molar-refractivity contribution is 14.0. The lowest BCUT2D eigenvalue weighted by Crippen LogP contribution is -2.51. The topological polar surface area (TPSA) is 42.9 Å². The van der Waals surface area contributed by atoms with Crippen LogP contribution in [0.25, 0.3) is 0 Å².